The fourth-order valence-corrected chi connectivity index (χ4v) is 2.78. The van der Waals surface area contributed by atoms with Crippen molar-refractivity contribution >= 4 is 28.9 Å². The van der Waals surface area contributed by atoms with E-state index in [0.717, 1.165) is 13.1 Å². The van der Waals surface area contributed by atoms with E-state index in [9.17, 15) is 32.3 Å². The first kappa shape index (κ1) is 22.9. The fraction of sp³-hybridized carbons (Fsp3) is 0.222. The van der Waals surface area contributed by atoms with Gasteiger partial charge in [-0.2, -0.15) is 13.2 Å². The van der Waals surface area contributed by atoms with E-state index in [1.54, 1.807) is 0 Å². The number of primary amides is 1. The molecule has 0 saturated carbocycles. The monoisotopic (exact) mass is 445 g/mol. The molecule has 2 N–H and O–H groups in total. The Kier molecular flexibility index (Phi) is 6.56. The minimum Gasteiger partial charge on any atom is -0.474 e. The van der Waals surface area contributed by atoms with Gasteiger partial charge in [0, 0.05) is 13.1 Å². The zero-order valence-corrected chi connectivity index (χ0v) is 16.4. The van der Waals surface area contributed by atoms with E-state index < -0.39 is 40.9 Å². The number of halogens is 4. The fourth-order valence-electron chi connectivity index (χ4n) is 2.53. The molecule has 160 valence electrons. The van der Waals surface area contributed by atoms with Crippen LogP contribution in [0.15, 0.2) is 45.1 Å². The van der Waals surface area contributed by atoms with Gasteiger partial charge in [0.05, 0.1) is 5.69 Å². The number of amides is 1. The lowest BCUT2D eigenvalue weighted by Gasteiger charge is -2.15. The lowest BCUT2D eigenvalue weighted by atomic mass is 10.1. The number of ketones is 1. The van der Waals surface area contributed by atoms with E-state index >= 15 is 0 Å². The normalized spacial score (nSPS) is 12.3. The Labute approximate surface area is 171 Å². The van der Waals surface area contributed by atoms with Gasteiger partial charge in [-0.3, -0.25) is 19.0 Å². The molecule has 12 heteroatoms. The van der Waals surface area contributed by atoms with Crippen molar-refractivity contribution in [2.75, 3.05) is 6.61 Å². The molecule has 0 spiro atoms. The Balaban J connectivity index is 2.68. The van der Waals surface area contributed by atoms with Gasteiger partial charge in [-0.25, -0.2) is 9.36 Å². The predicted molar refractivity (Wildman–Crippen MR) is 101 cm³/mol. The molecule has 0 fully saturated rings. The van der Waals surface area contributed by atoms with Crippen molar-refractivity contribution in [2.24, 2.45) is 12.8 Å². The summed E-state index contributed by atoms with van der Waals surface area (Å²) in [5.74, 6) is -1.42. The third kappa shape index (κ3) is 4.79. The van der Waals surface area contributed by atoms with Gasteiger partial charge in [-0.1, -0.05) is 12.1 Å². The van der Waals surface area contributed by atoms with Gasteiger partial charge >= 0.3 is 11.9 Å². The molecule has 0 saturated heterocycles. The van der Waals surface area contributed by atoms with Crippen molar-refractivity contribution in [2.45, 2.75) is 13.1 Å². The summed E-state index contributed by atoms with van der Waals surface area (Å²) in [5.41, 5.74) is 0.941. The Morgan fingerprint density at radius 1 is 1.20 bits per heavy atom. The van der Waals surface area contributed by atoms with Crippen molar-refractivity contribution in [1.82, 2.24) is 9.13 Å². The third-order valence-corrected chi connectivity index (χ3v) is 4.15. The zero-order valence-electron chi connectivity index (χ0n) is 15.6. The number of carbonyl (C=O) groups excluding carboxylic acids is 2. The Hall–Kier alpha value is -3.34. The van der Waals surface area contributed by atoms with Crippen molar-refractivity contribution in [3.8, 4) is 5.69 Å². The van der Waals surface area contributed by atoms with Crippen molar-refractivity contribution in [3.63, 3.8) is 0 Å². The van der Waals surface area contributed by atoms with E-state index in [1.807, 2.05) is 0 Å². The van der Waals surface area contributed by atoms with Crippen molar-refractivity contribution < 1.29 is 27.5 Å². The van der Waals surface area contributed by atoms with Crippen LogP contribution >= 0.6 is 11.6 Å². The van der Waals surface area contributed by atoms with Crippen LogP contribution in [0, 0.1) is 0 Å². The SMILES string of the molecule is CC(=O)COC(Cl)=C(C(N)=O)c1cccc(-n2c(=O)cc(C(F)(F)F)n(C)c2=O)c1. The topological polar surface area (TPSA) is 113 Å². The van der Waals surface area contributed by atoms with E-state index in [4.69, 9.17) is 22.1 Å². The average Bonchev–Trinajstić information content (AvgIpc) is 2.62. The van der Waals surface area contributed by atoms with Gasteiger partial charge in [-0.05, 0) is 36.2 Å². The maximum absolute atomic E-state index is 13.0. The number of hydrogen-bond acceptors (Lipinski definition) is 5. The smallest absolute Gasteiger partial charge is 0.431 e. The van der Waals surface area contributed by atoms with Crippen LogP contribution in [-0.4, -0.2) is 27.4 Å². The molecule has 30 heavy (non-hydrogen) atoms. The average molecular weight is 446 g/mol. The van der Waals surface area contributed by atoms with Gasteiger partial charge in [0.25, 0.3) is 11.5 Å². The molecule has 0 atom stereocenters. The van der Waals surface area contributed by atoms with Crippen LogP contribution in [-0.2, 0) is 27.5 Å². The van der Waals surface area contributed by atoms with Crippen LogP contribution < -0.4 is 17.0 Å². The summed E-state index contributed by atoms with van der Waals surface area (Å²) in [5, 5.41) is -0.498. The lowest BCUT2D eigenvalue weighted by Crippen LogP contribution is -2.40. The summed E-state index contributed by atoms with van der Waals surface area (Å²) >= 11 is 5.92. The number of nitrogens with zero attached hydrogens (tertiary/aromatic N) is 2. The number of alkyl halides is 3. The number of aromatic nitrogens is 2. The third-order valence-electron chi connectivity index (χ3n) is 3.85. The van der Waals surface area contributed by atoms with E-state index in [1.165, 1.54) is 25.1 Å². The Morgan fingerprint density at radius 2 is 1.83 bits per heavy atom. The van der Waals surface area contributed by atoms with Crippen LogP contribution in [0.1, 0.15) is 18.2 Å². The molecule has 0 radical (unpaired) electrons. The molecule has 2 aromatic rings. The molecule has 0 unspecified atom stereocenters. The highest BCUT2D eigenvalue weighted by atomic mass is 35.5. The molecule has 0 aliphatic heterocycles. The van der Waals surface area contributed by atoms with Crippen LogP contribution in [0.5, 0.6) is 0 Å². The molecule has 1 aromatic heterocycles. The van der Waals surface area contributed by atoms with Gasteiger partial charge in [0.2, 0.25) is 5.22 Å². The van der Waals surface area contributed by atoms with Crippen LogP contribution in [0.3, 0.4) is 0 Å². The number of rotatable bonds is 6. The largest absolute Gasteiger partial charge is 0.474 e. The second-order valence-corrected chi connectivity index (χ2v) is 6.44. The van der Waals surface area contributed by atoms with Gasteiger partial charge in [-0.15, -0.1) is 0 Å². The number of benzene rings is 1. The molecule has 0 aliphatic rings. The predicted octanol–water partition coefficient (Wildman–Crippen LogP) is 1.55. The van der Waals surface area contributed by atoms with E-state index in [2.05, 4.69) is 0 Å². The highest BCUT2D eigenvalue weighted by Crippen LogP contribution is 2.27. The molecular formula is C18H15ClF3N3O5. The number of hydrogen-bond donors (Lipinski definition) is 1. The summed E-state index contributed by atoms with van der Waals surface area (Å²) in [6.45, 7) is 0.787. The van der Waals surface area contributed by atoms with Gasteiger partial charge < -0.3 is 10.5 Å². The second kappa shape index (κ2) is 8.57. The number of nitrogens with two attached hydrogens (primary N) is 1. The Morgan fingerprint density at radius 3 is 2.37 bits per heavy atom. The van der Waals surface area contributed by atoms with Gasteiger partial charge in [0.1, 0.15) is 17.9 Å². The first-order valence-corrected chi connectivity index (χ1v) is 8.55. The first-order chi connectivity index (χ1) is 13.8. The minimum atomic E-state index is -4.91. The number of carbonyl (C=O) groups is 2. The molecule has 0 aliphatic carbocycles. The summed E-state index contributed by atoms with van der Waals surface area (Å²) in [6, 6.07) is 5.37. The molecule has 1 heterocycles. The second-order valence-electron chi connectivity index (χ2n) is 6.10. The maximum atomic E-state index is 13.0. The van der Waals surface area contributed by atoms with E-state index in [0.29, 0.717) is 4.57 Å². The number of ether oxygens (including phenoxy) is 1. The summed E-state index contributed by atoms with van der Waals surface area (Å²) in [7, 11) is 0.867. The van der Waals surface area contributed by atoms with Crippen LogP contribution in [0.2, 0.25) is 0 Å². The van der Waals surface area contributed by atoms with Crippen molar-refractivity contribution in [1.29, 1.82) is 0 Å². The molecule has 2 rings (SSSR count). The molecule has 8 nitrogen and oxygen atoms in total. The molecule has 1 amide bonds. The standard InChI is InChI=1S/C18H15ClF3N3O5/c1-9(26)8-30-15(19)14(16(23)28)10-4-3-5-11(6-10)25-13(27)7-12(18(20,21)22)24(2)17(25)29/h3-7H,8H2,1-2H3,(H2,23,28). The maximum Gasteiger partial charge on any atom is 0.431 e. The van der Waals surface area contributed by atoms with Crippen LogP contribution in [0.4, 0.5) is 13.2 Å². The molecular weight excluding hydrogens is 431 g/mol. The summed E-state index contributed by atoms with van der Waals surface area (Å²) < 4.78 is 44.8. The quantitative estimate of drug-likeness (QED) is 0.535. The minimum absolute atomic E-state index is 0.0161. The van der Waals surface area contributed by atoms with Crippen molar-refractivity contribution in [3.05, 3.63) is 67.6 Å². The lowest BCUT2D eigenvalue weighted by molar-refractivity contribution is -0.144. The number of Topliss-reactive ketones (excluding diaryl/α,β-unsaturated/α-hetero) is 1. The molecule has 1 aromatic carbocycles. The van der Waals surface area contributed by atoms with Gasteiger partial charge in [0.15, 0.2) is 5.78 Å². The summed E-state index contributed by atoms with van der Waals surface area (Å²) in [4.78, 5) is 47.5. The first-order valence-electron chi connectivity index (χ1n) is 8.17. The van der Waals surface area contributed by atoms with Crippen LogP contribution in [0.25, 0.3) is 11.3 Å². The highest BCUT2D eigenvalue weighted by molar-refractivity contribution is 6.38. The summed E-state index contributed by atoms with van der Waals surface area (Å²) in [6.07, 6.45) is -4.91. The molecule has 0 bridgehead atoms. The van der Waals surface area contributed by atoms with E-state index in [-0.39, 0.29) is 33.2 Å². The highest BCUT2D eigenvalue weighted by Gasteiger charge is 2.35. The Bertz CT molecular complexity index is 1160. The zero-order chi connectivity index (χ0) is 22.8.